The SMILES string of the molecule is CC(C)=CC(=O)NCCNC(=O)c1ccccc1. The van der Waals surface area contributed by atoms with Crippen molar-refractivity contribution in [2.45, 2.75) is 13.8 Å². The second-order valence-electron chi connectivity index (χ2n) is 4.13. The molecule has 96 valence electrons. The Morgan fingerprint density at radius 2 is 1.67 bits per heavy atom. The van der Waals surface area contributed by atoms with Crippen molar-refractivity contribution in [1.82, 2.24) is 10.6 Å². The van der Waals surface area contributed by atoms with Crippen molar-refractivity contribution in [3.63, 3.8) is 0 Å². The van der Waals surface area contributed by atoms with E-state index in [4.69, 9.17) is 0 Å². The van der Waals surface area contributed by atoms with Gasteiger partial charge in [0.15, 0.2) is 0 Å². The molecule has 0 saturated heterocycles. The van der Waals surface area contributed by atoms with Crippen LogP contribution in [0.3, 0.4) is 0 Å². The topological polar surface area (TPSA) is 58.2 Å². The van der Waals surface area contributed by atoms with Gasteiger partial charge in [-0.1, -0.05) is 23.8 Å². The van der Waals surface area contributed by atoms with Crippen molar-refractivity contribution >= 4 is 11.8 Å². The predicted molar refractivity (Wildman–Crippen MR) is 71.2 cm³/mol. The number of carbonyl (C=O) groups is 2. The Hall–Kier alpha value is -2.10. The zero-order valence-electron chi connectivity index (χ0n) is 10.7. The average Bonchev–Trinajstić information content (AvgIpc) is 2.34. The number of amides is 2. The third-order valence-electron chi connectivity index (χ3n) is 2.17. The van der Waals surface area contributed by atoms with Crippen LogP contribution < -0.4 is 10.6 Å². The molecule has 4 heteroatoms. The molecule has 0 aromatic heterocycles. The Balaban J connectivity index is 2.25. The minimum Gasteiger partial charge on any atom is -0.351 e. The summed E-state index contributed by atoms with van der Waals surface area (Å²) < 4.78 is 0. The lowest BCUT2D eigenvalue weighted by Gasteiger charge is -2.05. The van der Waals surface area contributed by atoms with E-state index < -0.39 is 0 Å². The van der Waals surface area contributed by atoms with Gasteiger partial charge in [-0.3, -0.25) is 9.59 Å². The second kappa shape index (κ2) is 7.27. The normalized spacial score (nSPS) is 9.44. The summed E-state index contributed by atoms with van der Waals surface area (Å²) in [4.78, 5) is 22.9. The number of rotatable bonds is 5. The zero-order valence-corrected chi connectivity index (χ0v) is 10.7. The van der Waals surface area contributed by atoms with Gasteiger partial charge in [0.1, 0.15) is 0 Å². The molecule has 0 aliphatic heterocycles. The van der Waals surface area contributed by atoms with Gasteiger partial charge >= 0.3 is 0 Å². The maximum Gasteiger partial charge on any atom is 0.251 e. The molecule has 0 heterocycles. The molecule has 0 radical (unpaired) electrons. The van der Waals surface area contributed by atoms with Gasteiger partial charge in [0, 0.05) is 24.7 Å². The van der Waals surface area contributed by atoms with Gasteiger partial charge in [-0.05, 0) is 26.0 Å². The largest absolute Gasteiger partial charge is 0.351 e. The Morgan fingerprint density at radius 1 is 1.06 bits per heavy atom. The van der Waals surface area contributed by atoms with Crippen LogP contribution in [0.2, 0.25) is 0 Å². The smallest absolute Gasteiger partial charge is 0.251 e. The van der Waals surface area contributed by atoms with Crippen LogP contribution in [0.15, 0.2) is 42.0 Å². The van der Waals surface area contributed by atoms with Crippen molar-refractivity contribution in [1.29, 1.82) is 0 Å². The maximum atomic E-state index is 11.6. The summed E-state index contributed by atoms with van der Waals surface area (Å²) in [7, 11) is 0. The third kappa shape index (κ3) is 5.30. The summed E-state index contributed by atoms with van der Waals surface area (Å²) in [6.07, 6.45) is 1.53. The first-order valence-electron chi connectivity index (χ1n) is 5.85. The van der Waals surface area contributed by atoms with Gasteiger partial charge in [-0.25, -0.2) is 0 Å². The zero-order chi connectivity index (χ0) is 13.4. The first-order valence-corrected chi connectivity index (χ1v) is 5.85. The molecule has 1 rings (SSSR count). The minimum absolute atomic E-state index is 0.132. The summed E-state index contributed by atoms with van der Waals surface area (Å²) in [6, 6.07) is 8.97. The van der Waals surface area contributed by atoms with E-state index in [0.717, 1.165) is 5.57 Å². The summed E-state index contributed by atoms with van der Waals surface area (Å²) in [5.74, 6) is -0.268. The molecule has 18 heavy (non-hydrogen) atoms. The molecule has 0 aliphatic rings. The average molecular weight is 246 g/mol. The number of benzene rings is 1. The van der Waals surface area contributed by atoms with Crippen LogP contribution in [0.1, 0.15) is 24.2 Å². The first kappa shape index (κ1) is 14.0. The van der Waals surface area contributed by atoms with Crippen molar-refractivity contribution in [2.24, 2.45) is 0 Å². The summed E-state index contributed by atoms with van der Waals surface area (Å²) in [5, 5.41) is 5.42. The number of allylic oxidation sites excluding steroid dienone is 1. The number of hydrogen-bond donors (Lipinski definition) is 2. The predicted octanol–water partition coefficient (Wildman–Crippen LogP) is 1.50. The highest BCUT2D eigenvalue weighted by atomic mass is 16.2. The van der Waals surface area contributed by atoms with Crippen LogP contribution in [0.5, 0.6) is 0 Å². The summed E-state index contributed by atoms with van der Waals surface area (Å²) in [5.41, 5.74) is 1.56. The standard InChI is InChI=1S/C14H18N2O2/c1-11(2)10-13(17)15-8-9-16-14(18)12-6-4-3-5-7-12/h3-7,10H,8-9H2,1-2H3,(H,15,17)(H,16,18). The van der Waals surface area contributed by atoms with Gasteiger partial charge < -0.3 is 10.6 Å². The van der Waals surface area contributed by atoms with Crippen LogP contribution in [-0.2, 0) is 4.79 Å². The summed E-state index contributed by atoms with van der Waals surface area (Å²) >= 11 is 0. The van der Waals surface area contributed by atoms with Gasteiger partial charge in [0.05, 0.1) is 0 Å². The van der Waals surface area contributed by atoms with Gasteiger partial charge in [-0.2, -0.15) is 0 Å². The van der Waals surface area contributed by atoms with Gasteiger partial charge in [0.25, 0.3) is 5.91 Å². The van der Waals surface area contributed by atoms with Gasteiger partial charge in [-0.15, -0.1) is 0 Å². The lowest BCUT2D eigenvalue weighted by atomic mass is 10.2. The van der Waals surface area contributed by atoms with Crippen LogP contribution in [0.4, 0.5) is 0 Å². The fourth-order valence-corrected chi connectivity index (χ4v) is 1.37. The molecule has 2 amide bonds. The van der Waals surface area contributed by atoms with E-state index in [1.807, 2.05) is 32.0 Å². The van der Waals surface area contributed by atoms with E-state index in [1.165, 1.54) is 6.08 Å². The van der Waals surface area contributed by atoms with Crippen LogP contribution in [0, 0.1) is 0 Å². The fraction of sp³-hybridized carbons (Fsp3) is 0.286. The molecule has 0 atom stereocenters. The van der Waals surface area contributed by atoms with E-state index in [0.29, 0.717) is 18.7 Å². The molecule has 4 nitrogen and oxygen atoms in total. The van der Waals surface area contributed by atoms with Crippen molar-refractivity contribution in [3.05, 3.63) is 47.5 Å². The quantitative estimate of drug-likeness (QED) is 0.611. The molecule has 1 aromatic rings. The van der Waals surface area contributed by atoms with E-state index in [2.05, 4.69) is 10.6 Å². The van der Waals surface area contributed by atoms with E-state index in [1.54, 1.807) is 12.1 Å². The molecule has 0 aliphatic carbocycles. The maximum absolute atomic E-state index is 11.6. The molecular weight excluding hydrogens is 228 g/mol. The molecule has 0 bridgehead atoms. The number of nitrogens with one attached hydrogen (secondary N) is 2. The highest BCUT2D eigenvalue weighted by Crippen LogP contribution is 1.96. The Labute approximate surface area is 107 Å². The Morgan fingerprint density at radius 3 is 2.28 bits per heavy atom. The number of hydrogen-bond acceptors (Lipinski definition) is 2. The molecule has 0 unspecified atom stereocenters. The monoisotopic (exact) mass is 246 g/mol. The van der Waals surface area contributed by atoms with E-state index in [9.17, 15) is 9.59 Å². The second-order valence-corrected chi connectivity index (χ2v) is 4.13. The molecule has 0 saturated carbocycles. The third-order valence-corrected chi connectivity index (χ3v) is 2.17. The van der Waals surface area contributed by atoms with Crippen LogP contribution >= 0.6 is 0 Å². The van der Waals surface area contributed by atoms with Crippen LogP contribution in [-0.4, -0.2) is 24.9 Å². The van der Waals surface area contributed by atoms with Gasteiger partial charge in [0.2, 0.25) is 5.91 Å². The van der Waals surface area contributed by atoms with Crippen molar-refractivity contribution in [3.8, 4) is 0 Å². The Bertz CT molecular complexity index is 434. The van der Waals surface area contributed by atoms with Crippen molar-refractivity contribution < 1.29 is 9.59 Å². The van der Waals surface area contributed by atoms with Crippen molar-refractivity contribution in [2.75, 3.05) is 13.1 Å². The van der Waals surface area contributed by atoms with E-state index in [-0.39, 0.29) is 11.8 Å². The fourth-order valence-electron chi connectivity index (χ4n) is 1.37. The molecular formula is C14H18N2O2. The Kier molecular flexibility index (Phi) is 5.64. The lowest BCUT2D eigenvalue weighted by molar-refractivity contribution is -0.116. The molecule has 1 aromatic carbocycles. The highest BCUT2D eigenvalue weighted by molar-refractivity contribution is 5.94. The molecule has 2 N–H and O–H groups in total. The number of carbonyl (C=O) groups excluding carboxylic acids is 2. The summed E-state index contributed by atoms with van der Waals surface area (Å²) in [6.45, 7) is 4.55. The van der Waals surface area contributed by atoms with Crippen LogP contribution in [0.25, 0.3) is 0 Å². The minimum atomic E-state index is -0.135. The highest BCUT2D eigenvalue weighted by Gasteiger charge is 2.03. The molecule has 0 fully saturated rings. The first-order chi connectivity index (χ1) is 8.59. The lowest BCUT2D eigenvalue weighted by Crippen LogP contribution is -2.34. The molecule has 0 spiro atoms. The van der Waals surface area contributed by atoms with E-state index >= 15 is 0 Å².